The Bertz CT molecular complexity index is 432. The minimum absolute atomic E-state index is 0.00207. The summed E-state index contributed by atoms with van der Waals surface area (Å²) in [4.78, 5) is 0. The first-order chi connectivity index (χ1) is 9.65. The summed E-state index contributed by atoms with van der Waals surface area (Å²) in [5.74, 6) is -0.210. The SMILES string of the molecule is CCCNCC1(Cc2ccc(Cl)cc2F)CCCOC1. The Morgan fingerprint density at radius 1 is 1.45 bits per heavy atom. The van der Waals surface area contributed by atoms with E-state index in [0.29, 0.717) is 18.1 Å². The van der Waals surface area contributed by atoms with Crippen molar-refractivity contribution in [2.45, 2.75) is 32.6 Å². The van der Waals surface area contributed by atoms with E-state index in [1.165, 1.54) is 6.07 Å². The third-order valence-corrected chi connectivity index (χ3v) is 4.15. The van der Waals surface area contributed by atoms with Gasteiger partial charge in [-0.2, -0.15) is 0 Å². The van der Waals surface area contributed by atoms with Gasteiger partial charge in [0.05, 0.1) is 6.61 Å². The van der Waals surface area contributed by atoms with E-state index in [4.69, 9.17) is 16.3 Å². The summed E-state index contributed by atoms with van der Waals surface area (Å²) in [5, 5.41) is 3.92. The molecule has 1 N–H and O–H groups in total. The van der Waals surface area contributed by atoms with Crippen molar-refractivity contribution in [2.75, 3.05) is 26.3 Å². The first kappa shape index (κ1) is 15.7. The van der Waals surface area contributed by atoms with Crippen LogP contribution in [0.3, 0.4) is 0 Å². The highest BCUT2D eigenvalue weighted by atomic mass is 35.5. The van der Waals surface area contributed by atoms with Gasteiger partial charge < -0.3 is 10.1 Å². The van der Waals surface area contributed by atoms with E-state index in [2.05, 4.69) is 12.2 Å². The van der Waals surface area contributed by atoms with Crippen molar-refractivity contribution >= 4 is 11.6 Å². The molecule has 0 aromatic heterocycles. The van der Waals surface area contributed by atoms with Crippen LogP contribution in [-0.2, 0) is 11.2 Å². The Morgan fingerprint density at radius 3 is 2.95 bits per heavy atom. The molecule has 1 aliphatic rings. The lowest BCUT2D eigenvalue weighted by atomic mass is 9.77. The maximum atomic E-state index is 14.0. The van der Waals surface area contributed by atoms with Gasteiger partial charge in [0.1, 0.15) is 5.82 Å². The van der Waals surface area contributed by atoms with Gasteiger partial charge in [0, 0.05) is 23.6 Å². The monoisotopic (exact) mass is 299 g/mol. The van der Waals surface area contributed by atoms with Gasteiger partial charge in [-0.1, -0.05) is 24.6 Å². The zero-order valence-corrected chi connectivity index (χ0v) is 12.8. The predicted octanol–water partition coefficient (Wildman–Crippen LogP) is 3.82. The highest BCUT2D eigenvalue weighted by Crippen LogP contribution is 2.33. The quantitative estimate of drug-likeness (QED) is 0.806. The minimum Gasteiger partial charge on any atom is -0.381 e. The highest BCUT2D eigenvalue weighted by Gasteiger charge is 2.33. The molecule has 1 aromatic carbocycles. The van der Waals surface area contributed by atoms with Gasteiger partial charge in [-0.3, -0.25) is 0 Å². The number of hydrogen-bond donors (Lipinski definition) is 1. The van der Waals surface area contributed by atoms with Gasteiger partial charge in [-0.25, -0.2) is 4.39 Å². The third kappa shape index (κ3) is 4.18. The summed E-state index contributed by atoms with van der Waals surface area (Å²) in [7, 11) is 0. The topological polar surface area (TPSA) is 21.3 Å². The van der Waals surface area contributed by atoms with Crippen LogP contribution in [0.5, 0.6) is 0 Å². The molecule has 20 heavy (non-hydrogen) atoms. The number of hydrogen-bond acceptors (Lipinski definition) is 2. The Kier molecular flexibility index (Phi) is 5.82. The summed E-state index contributed by atoms with van der Waals surface area (Å²) in [5.41, 5.74) is 0.737. The number of ether oxygens (including phenoxy) is 1. The number of nitrogens with one attached hydrogen (secondary N) is 1. The van der Waals surface area contributed by atoms with Crippen LogP contribution in [0.4, 0.5) is 4.39 Å². The van der Waals surface area contributed by atoms with Crippen LogP contribution in [0.1, 0.15) is 31.7 Å². The molecule has 0 saturated carbocycles. The minimum atomic E-state index is -0.210. The van der Waals surface area contributed by atoms with Crippen molar-refractivity contribution < 1.29 is 9.13 Å². The normalized spacial score (nSPS) is 22.9. The molecule has 4 heteroatoms. The molecular weight excluding hydrogens is 277 g/mol. The van der Waals surface area contributed by atoms with Crippen LogP contribution in [0.2, 0.25) is 5.02 Å². The van der Waals surface area contributed by atoms with Gasteiger partial charge in [-0.05, 0) is 49.9 Å². The Hall–Kier alpha value is -0.640. The number of benzene rings is 1. The van der Waals surface area contributed by atoms with Gasteiger partial charge in [-0.15, -0.1) is 0 Å². The molecule has 1 aliphatic heterocycles. The third-order valence-electron chi connectivity index (χ3n) is 3.91. The highest BCUT2D eigenvalue weighted by molar-refractivity contribution is 6.30. The van der Waals surface area contributed by atoms with E-state index in [-0.39, 0.29) is 11.2 Å². The standard InChI is InChI=1S/C16H23ClFNO/c1-2-7-19-11-16(6-3-8-20-12-16)10-13-4-5-14(17)9-15(13)18/h4-5,9,19H,2-3,6-8,10-12H2,1H3. The second kappa shape index (κ2) is 7.39. The maximum Gasteiger partial charge on any atom is 0.127 e. The van der Waals surface area contributed by atoms with Crippen LogP contribution in [0.25, 0.3) is 0 Å². The average Bonchev–Trinajstić information content (AvgIpc) is 2.44. The van der Waals surface area contributed by atoms with Crippen molar-refractivity contribution in [1.82, 2.24) is 5.32 Å². The summed E-state index contributed by atoms with van der Waals surface area (Å²) >= 11 is 5.82. The van der Waals surface area contributed by atoms with E-state index in [9.17, 15) is 4.39 Å². The molecule has 0 bridgehead atoms. The lowest BCUT2D eigenvalue weighted by Gasteiger charge is -2.37. The predicted molar refractivity (Wildman–Crippen MR) is 80.8 cm³/mol. The molecule has 2 nitrogen and oxygen atoms in total. The molecule has 0 spiro atoms. The average molecular weight is 300 g/mol. The second-order valence-electron chi connectivity index (χ2n) is 5.75. The first-order valence-electron chi connectivity index (χ1n) is 7.38. The van der Waals surface area contributed by atoms with Crippen LogP contribution >= 0.6 is 11.6 Å². The molecule has 112 valence electrons. The molecule has 0 aliphatic carbocycles. The maximum absolute atomic E-state index is 14.0. The molecule has 1 heterocycles. The molecule has 1 fully saturated rings. The van der Waals surface area contributed by atoms with Gasteiger partial charge >= 0.3 is 0 Å². The van der Waals surface area contributed by atoms with E-state index in [1.807, 2.05) is 0 Å². The largest absolute Gasteiger partial charge is 0.381 e. The molecular formula is C16H23ClFNO. The fourth-order valence-corrected chi connectivity index (χ4v) is 3.01. The van der Waals surface area contributed by atoms with Crippen molar-refractivity contribution in [3.63, 3.8) is 0 Å². The van der Waals surface area contributed by atoms with Crippen LogP contribution < -0.4 is 5.32 Å². The van der Waals surface area contributed by atoms with Crippen LogP contribution in [0.15, 0.2) is 18.2 Å². The number of rotatable bonds is 6. The molecule has 1 aromatic rings. The first-order valence-corrected chi connectivity index (χ1v) is 7.75. The molecule has 1 unspecified atom stereocenters. The van der Waals surface area contributed by atoms with Gasteiger partial charge in [0.25, 0.3) is 0 Å². The lowest BCUT2D eigenvalue weighted by molar-refractivity contribution is -0.00744. The van der Waals surface area contributed by atoms with E-state index >= 15 is 0 Å². The second-order valence-corrected chi connectivity index (χ2v) is 6.18. The van der Waals surface area contributed by atoms with Gasteiger partial charge in [0.2, 0.25) is 0 Å². The lowest BCUT2D eigenvalue weighted by Crippen LogP contribution is -2.43. The summed E-state index contributed by atoms with van der Waals surface area (Å²) in [6, 6.07) is 4.96. The fraction of sp³-hybridized carbons (Fsp3) is 0.625. The summed E-state index contributed by atoms with van der Waals surface area (Å²) in [6.07, 6.45) is 3.92. The zero-order valence-electron chi connectivity index (χ0n) is 12.1. The van der Waals surface area contributed by atoms with Crippen molar-refractivity contribution in [1.29, 1.82) is 0 Å². The van der Waals surface area contributed by atoms with Crippen molar-refractivity contribution in [3.05, 3.63) is 34.6 Å². The molecule has 1 saturated heterocycles. The zero-order chi connectivity index (χ0) is 14.4. The Labute approximate surface area is 125 Å². The van der Waals surface area contributed by atoms with Crippen LogP contribution in [-0.4, -0.2) is 26.3 Å². The Morgan fingerprint density at radius 2 is 2.30 bits per heavy atom. The fourth-order valence-electron chi connectivity index (χ4n) is 2.85. The van der Waals surface area contributed by atoms with Crippen LogP contribution in [0, 0.1) is 11.2 Å². The van der Waals surface area contributed by atoms with E-state index < -0.39 is 0 Å². The smallest absolute Gasteiger partial charge is 0.127 e. The Balaban J connectivity index is 2.10. The number of halogens is 2. The van der Waals surface area contributed by atoms with Crippen molar-refractivity contribution in [3.8, 4) is 0 Å². The summed E-state index contributed by atoms with van der Waals surface area (Å²) < 4.78 is 19.7. The van der Waals surface area contributed by atoms with Gasteiger partial charge in [0.15, 0.2) is 0 Å². The molecule has 0 radical (unpaired) electrons. The van der Waals surface area contributed by atoms with E-state index in [1.54, 1.807) is 12.1 Å². The van der Waals surface area contributed by atoms with Crippen molar-refractivity contribution in [2.24, 2.45) is 5.41 Å². The summed E-state index contributed by atoms with van der Waals surface area (Å²) in [6.45, 7) is 5.54. The molecule has 0 amide bonds. The van der Waals surface area contributed by atoms with E-state index in [0.717, 1.165) is 44.5 Å². The molecule has 1 atom stereocenters. The molecule has 2 rings (SSSR count).